The summed E-state index contributed by atoms with van der Waals surface area (Å²) in [6, 6.07) is 14.0. The number of hydrogen-bond acceptors (Lipinski definition) is 3. The van der Waals surface area contributed by atoms with Crippen molar-refractivity contribution in [3.63, 3.8) is 0 Å². The first-order valence-corrected chi connectivity index (χ1v) is 8.01. The van der Waals surface area contributed by atoms with E-state index in [2.05, 4.69) is 19.1 Å². The first-order chi connectivity index (χ1) is 10.8. The molecule has 1 heterocycles. The summed E-state index contributed by atoms with van der Waals surface area (Å²) in [6.45, 7) is 2.52. The molecule has 1 aliphatic heterocycles. The van der Waals surface area contributed by atoms with Crippen LogP contribution < -0.4 is 14.2 Å². The third-order valence-corrected chi connectivity index (χ3v) is 3.82. The third kappa shape index (κ3) is 3.73. The molecule has 1 aliphatic rings. The fraction of sp³-hybridized carbons (Fsp3) is 0.368. The van der Waals surface area contributed by atoms with Crippen LogP contribution in [-0.2, 0) is 6.42 Å². The molecule has 116 valence electrons. The van der Waals surface area contributed by atoms with E-state index in [0.717, 1.165) is 29.4 Å². The Morgan fingerprint density at radius 2 is 1.64 bits per heavy atom. The van der Waals surface area contributed by atoms with Crippen LogP contribution in [0.5, 0.6) is 23.0 Å². The highest BCUT2D eigenvalue weighted by Crippen LogP contribution is 2.36. The Balaban J connectivity index is 1.56. The highest BCUT2D eigenvalue weighted by Gasteiger charge is 2.13. The van der Waals surface area contributed by atoms with Gasteiger partial charge in [0, 0.05) is 6.07 Å². The Hall–Kier alpha value is -2.16. The van der Waals surface area contributed by atoms with E-state index in [1.165, 1.54) is 31.2 Å². The van der Waals surface area contributed by atoms with Gasteiger partial charge in [0.25, 0.3) is 0 Å². The van der Waals surface area contributed by atoms with Crippen LogP contribution in [0.1, 0.15) is 38.2 Å². The topological polar surface area (TPSA) is 27.7 Å². The lowest BCUT2D eigenvalue weighted by atomic mass is 10.1. The molecule has 2 aromatic carbocycles. The van der Waals surface area contributed by atoms with E-state index >= 15 is 0 Å². The second-order valence-corrected chi connectivity index (χ2v) is 5.57. The highest BCUT2D eigenvalue weighted by atomic mass is 16.7. The number of unbranched alkanes of at least 4 members (excludes halogenated alkanes) is 3. The molecule has 3 nitrogen and oxygen atoms in total. The molecule has 3 rings (SSSR count). The van der Waals surface area contributed by atoms with Gasteiger partial charge in [0.2, 0.25) is 6.79 Å². The van der Waals surface area contributed by atoms with Crippen LogP contribution in [0.2, 0.25) is 0 Å². The Morgan fingerprint density at radius 3 is 2.45 bits per heavy atom. The van der Waals surface area contributed by atoms with Crippen molar-refractivity contribution in [1.29, 1.82) is 0 Å². The van der Waals surface area contributed by atoms with Crippen molar-refractivity contribution < 1.29 is 14.2 Å². The van der Waals surface area contributed by atoms with Gasteiger partial charge in [-0.3, -0.25) is 0 Å². The largest absolute Gasteiger partial charge is 0.457 e. The Morgan fingerprint density at radius 1 is 0.864 bits per heavy atom. The van der Waals surface area contributed by atoms with Crippen molar-refractivity contribution in [2.45, 2.75) is 39.0 Å². The van der Waals surface area contributed by atoms with Crippen molar-refractivity contribution in [1.82, 2.24) is 0 Å². The summed E-state index contributed by atoms with van der Waals surface area (Å²) in [6.07, 6.45) is 6.32. The van der Waals surface area contributed by atoms with E-state index in [1.807, 2.05) is 30.3 Å². The first-order valence-electron chi connectivity index (χ1n) is 8.01. The summed E-state index contributed by atoms with van der Waals surface area (Å²) in [5.74, 6) is 3.12. The highest BCUT2D eigenvalue weighted by molar-refractivity contribution is 5.48. The lowest BCUT2D eigenvalue weighted by Crippen LogP contribution is -1.92. The first kappa shape index (κ1) is 14.8. The maximum atomic E-state index is 5.87. The summed E-state index contributed by atoms with van der Waals surface area (Å²) >= 11 is 0. The van der Waals surface area contributed by atoms with Crippen LogP contribution in [0.4, 0.5) is 0 Å². The maximum Gasteiger partial charge on any atom is 0.231 e. The molecule has 0 fully saturated rings. The molecule has 0 radical (unpaired) electrons. The molecule has 0 aromatic heterocycles. The molecule has 0 amide bonds. The van der Waals surface area contributed by atoms with Crippen molar-refractivity contribution in [3.8, 4) is 23.0 Å². The minimum atomic E-state index is 0.283. The van der Waals surface area contributed by atoms with E-state index in [4.69, 9.17) is 14.2 Å². The van der Waals surface area contributed by atoms with E-state index in [-0.39, 0.29) is 6.79 Å². The zero-order valence-electron chi connectivity index (χ0n) is 13.0. The van der Waals surface area contributed by atoms with Crippen molar-refractivity contribution in [2.75, 3.05) is 6.79 Å². The lowest BCUT2D eigenvalue weighted by Gasteiger charge is -2.07. The van der Waals surface area contributed by atoms with Gasteiger partial charge in [-0.15, -0.1) is 0 Å². The van der Waals surface area contributed by atoms with Crippen LogP contribution in [0.15, 0.2) is 42.5 Å². The Kier molecular flexibility index (Phi) is 4.84. The molecule has 0 saturated carbocycles. The summed E-state index contributed by atoms with van der Waals surface area (Å²) in [7, 11) is 0. The van der Waals surface area contributed by atoms with E-state index in [1.54, 1.807) is 0 Å². The van der Waals surface area contributed by atoms with Crippen LogP contribution in [0.25, 0.3) is 0 Å². The van der Waals surface area contributed by atoms with Gasteiger partial charge in [-0.05, 0) is 42.7 Å². The van der Waals surface area contributed by atoms with Crippen LogP contribution >= 0.6 is 0 Å². The normalized spacial score (nSPS) is 12.4. The minimum Gasteiger partial charge on any atom is -0.457 e. The number of hydrogen-bond donors (Lipinski definition) is 0. The summed E-state index contributed by atoms with van der Waals surface area (Å²) in [5, 5.41) is 0. The van der Waals surface area contributed by atoms with E-state index in [0.29, 0.717) is 0 Å². The zero-order valence-corrected chi connectivity index (χ0v) is 13.0. The standard InChI is InChI=1S/C19H22O3/c1-2-3-4-5-6-15-7-9-16(10-8-15)22-17-11-12-18-19(13-17)21-14-20-18/h7-13H,2-6,14H2,1H3. The molecule has 3 heteroatoms. The van der Waals surface area contributed by atoms with Gasteiger partial charge >= 0.3 is 0 Å². The third-order valence-electron chi connectivity index (χ3n) is 3.82. The summed E-state index contributed by atoms with van der Waals surface area (Å²) in [4.78, 5) is 0. The molecule has 0 bridgehead atoms. The van der Waals surface area contributed by atoms with Crippen LogP contribution in [0, 0.1) is 0 Å². The van der Waals surface area contributed by atoms with Crippen LogP contribution in [0.3, 0.4) is 0 Å². The molecule has 0 saturated heterocycles. The molecular weight excluding hydrogens is 276 g/mol. The van der Waals surface area contributed by atoms with Crippen molar-refractivity contribution in [2.24, 2.45) is 0 Å². The smallest absolute Gasteiger partial charge is 0.231 e. The average Bonchev–Trinajstić information content (AvgIpc) is 3.01. The van der Waals surface area contributed by atoms with Crippen molar-refractivity contribution >= 4 is 0 Å². The molecule has 0 aliphatic carbocycles. The molecular formula is C19H22O3. The predicted molar refractivity (Wildman–Crippen MR) is 86.9 cm³/mol. The summed E-state index contributed by atoms with van der Waals surface area (Å²) < 4.78 is 16.5. The molecule has 0 unspecified atom stereocenters. The van der Waals surface area contributed by atoms with Crippen molar-refractivity contribution in [3.05, 3.63) is 48.0 Å². The maximum absolute atomic E-state index is 5.87. The quantitative estimate of drug-likeness (QED) is 0.646. The van der Waals surface area contributed by atoms with E-state index in [9.17, 15) is 0 Å². The van der Waals surface area contributed by atoms with Gasteiger partial charge in [-0.2, -0.15) is 0 Å². The molecule has 2 aromatic rings. The minimum absolute atomic E-state index is 0.283. The van der Waals surface area contributed by atoms with Gasteiger partial charge in [0.15, 0.2) is 11.5 Å². The number of ether oxygens (including phenoxy) is 3. The number of rotatable bonds is 7. The Bertz CT molecular complexity index is 605. The second kappa shape index (κ2) is 7.21. The fourth-order valence-electron chi connectivity index (χ4n) is 2.56. The SMILES string of the molecule is CCCCCCc1ccc(Oc2ccc3c(c2)OCO3)cc1. The zero-order chi connectivity index (χ0) is 15.2. The average molecular weight is 298 g/mol. The molecule has 22 heavy (non-hydrogen) atoms. The Labute approximate surface area is 131 Å². The van der Waals surface area contributed by atoms with Gasteiger partial charge in [-0.1, -0.05) is 38.3 Å². The number of fused-ring (bicyclic) bond motifs is 1. The number of aryl methyl sites for hydroxylation is 1. The van der Waals surface area contributed by atoms with Gasteiger partial charge in [0.1, 0.15) is 11.5 Å². The molecule has 0 N–H and O–H groups in total. The van der Waals surface area contributed by atoms with Gasteiger partial charge < -0.3 is 14.2 Å². The van der Waals surface area contributed by atoms with E-state index < -0.39 is 0 Å². The van der Waals surface area contributed by atoms with Gasteiger partial charge in [-0.25, -0.2) is 0 Å². The molecule has 0 spiro atoms. The summed E-state index contributed by atoms with van der Waals surface area (Å²) in [5.41, 5.74) is 1.37. The fourth-order valence-corrected chi connectivity index (χ4v) is 2.56. The predicted octanol–water partition coefficient (Wildman–Crippen LogP) is 5.33. The monoisotopic (exact) mass is 298 g/mol. The van der Waals surface area contributed by atoms with Crippen LogP contribution in [-0.4, -0.2) is 6.79 Å². The second-order valence-electron chi connectivity index (χ2n) is 5.57. The lowest BCUT2D eigenvalue weighted by molar-refractivity contribution is 0.174. The molecule has 0 atom stereocenters. The van der Waals surface area contributed by atoms with Gasteiger partial charge in [0.05, 0.1) is 0 Å². The number of benzene rings is 2.